The van der Waals surface area contributed by atoms with E-state index >= 15 is 0 Å². The zero-order valence-electron chi connectivity index (χ0n) is 11.8. The molecule has 5 heteroatoms. The first-order valence-corrected chi connectivity index (χ1v) is 6.66. The highest BCUT2D eigenvalue weighted by Crippen LogP contribution is 2.33. The summed E-state index contributed by atoms with van der Waals surface area (Å²) in [6.45, 7) is 7.77. The van der Waals surface area contributed by atoms with Gasteiger partial charge in [0.25, 0.3) is 0 Å². The molecule has 1 aliphatic heterocycles. The van der Waals surface area contributed by atoms with E-state index in [0.717, 1.165) is 18.9 Å². The monoisotopic (exact) mass is 259 g/mol. The van der Waals surface area contributed by atoms with Crippen LogP contribution in [0.1, 0.15) is 26.0 Å². The summed E-state index contributed by atoms with van der Waals surface area (Å²) >= 11 is 0. The Bertz CT molecular complexity index is 477. The van der Waals surface area contributed by atoms with Crippen molar-refractivity contribution >= 4 is 5.82 Å². The Morgan fingerprint density at radius 1 is 1.53 bits per heavy atom. The van der Waals surface area contributed by atoms with E-state index in [4.69, 9.17) is 5.26 Å². The quantitative estimate of drug-likeness (QED) is 0.892. The van der Waals surface area contributed by atoms with Crippen LogP contribution in [0.5, 0.6) is 0 Å². The molecule has 2 heterocycles. The van der Waals surface area contributed by atoms with Gasteiger partial charge in [0, 0.05) is 19.2 Å². The molecule has 1 N–H and O–H groups in total. The molecule has 2 rings (SSSR count). The Morgan fingerprint density at radius 2 is 2.32 bits per heavy atom. The van der Waals surface area contributed by atoms with Crippen molar-refractivity contribution in [3.63, 3.8) is 0 Å². The fourth-order valence-electron chi connectivity index (χ4n) is 2.55. The number of hydrogen-bond donors (Lipinski definition) is 1. The largest absolute Gasteiger partial charge is 0.369 e. The van der Waals surface area contributed by atoms with Crippen molar-refractivity contribution in [2.75, 3.05) is 32.0 Å². The molecule has 1 saturated heterocycles. The van der Waals surface area contributed by atoms with Crippen molar-refractivity contribution in [2.24, 2.45) is 11.3 Å². The van der Waals surface area contributed by atoms with E-state index in [1.165, 1.54) is 19.3 Å². The highest BCUT2D eigenvalue weighted by molar-refractivity contribution is 5.38. The lowest BCUT2D eigenvalue weighted by molar-refractivity contribution is 0.230. The van der Waals surface area contributed by atoms with Gasteiger partial charge in [-0.15, -0.1) is 0 Å². The number of likely N-dealkylation sites (tertiary alicyclic amines) is 1. The summed E-state index contributed by atoms with van der Waals surface area (Å²) in [4.78, 5) is 10.4. The lowest BCUT2D eigenvalue weighted by Crippen LogP contribution is -2.33. The molecule has 0 amide bonds. The summed E-state index contributed by atoms with van der Waals surface area (Å²) in [5, 5.41) is 12.1. The number of anilines is 1. The maximum absolute atomic E-state index is 8.82. The lowest BCUT2D eigenvalue weighted by Gasteiger charge is -2.32. The van der Waals surface area contributed by atoms with E-state index in [0.29, 0.717) is 11.6 Å². The van der Waals surface area contributed by atoms with Crippen LogP contribution in [0.25, 0.3) is 0 Å². The third kappa shape index (κ3) is 3.42. The van der Waals surface area contributed by atoms with Gasteiger partial charge in [-0.2, -0.15) is 5.26 Å². The van der Waals surface area contributed by atoms with Gasteiger partial charge >= 0.3 is 0 Å². The smallest absolute Gasteiger partial charge is 0.145 e. The number of nitrogens with zero attached hydrogens (tertiary/aromatic N) is 4. The van der Waals surface area contributed by atoms with Crippen molar-refractivity contribution in [2.45, 2.75) is 20.3 Å². The maximum Gasteiger partial charge on any atom is 0.145 e. The minimum Gasteiger partial charge on any atom is -0.369 e. The van der Waals surface area contributed by atoms with Crippen LogP contribution in [0.4, 0.5) is 5.82 Å². The minimum atomic E-state index is 0.211. The van der Waals surface area contributed by atoms with E-state index in [9.17, 15) is 0 Å². The summed E-state index contributed by atoms with van der Waals surface area (Å²) in [7, 11) is 2.17. The Labute approximate surface area is 114 Å². The zero-order valence-corrected chi connectivity index (χ0v) is 11.8. The molecule has 0 bridgehead atoms. The Morgan fingerprint density at radius 3 is 2.95 bits per heavy atom. The van der Waals surface area contributed by atoms with Crippen molar-refractivity contribution in [1.82, 2.24) is 14.9 Å². The number of nitriles is 1. The SMILES string of the molecule is CN1CCC(C(C)(C)CNc2cc(C#N)ncn2)C1. The maximum atomic E-state index is 8.82. The topological polar surface area (TPSA) is 64.8 Å². The first-order chi connectivity index (χ1) is 9.01. The second kappa shape index (κ2) is 5.54. The molecule has 1 aromatic rings. The van der Waals surface area contributed by atoms with Crippen LogP contribution in [0, 0.1) is 22.7 Å². The predicted molar refractivity (Wildman–Crippen MR) is 74.6 cm³/mol. The van der Waals surface area contributed by atoms with Crippen LogP contribution in [0.3, 0.4) is 0 Å². The van der Waals surface area contributed by atoms with Crippen LogP contribution in [0.2, 0.25) is 0 Å². The average Bonchev–Trinajstić information content (AvgIpc) is 2.84. The Balaban J connectivity index is 1.95. The highest BCUT2D eigenvalue weighted by atomic mass is 15.1. The Hall–Kier alpha value is -1.67. The van der Waals surface area contributed by atoms with E-state index < -0.39 is 0 Å². The molecule has 1 atom stereocenters. The standard InChI is InChI=1S/C14H21N5/c1-14(2,11-4-5-19(3)8-11)9-16-13-6-12(7-15)17-10-18-13/h6,10-11H,4-5,8-9H2,1-3H3,(H,16,17,18). The highest BCUT2D eigenvalue weighted by Gasteiger charge is 2.33. The van der Waals surface area contributed by atoms with Gasteiger partial charge in [-0.25, -0.2) is 9.97 Å². The van der Waals surface area contributed by atoms with Gasteiger partial charge in [-0.3, -0.25) is 0 Å². The van der Waals surface area contributed by atoms with Crippen molar-refractivity contribution in [3.8, 4) is 6.07 Å². The van der Waals surface area contributed by atoms with Gasteiger partial charge in [0.15, 0.2) is 0 Å². The summed E-state index contributed by atoms with van der Waals surface area (Å²) in [5.41, 5.74) is 0.610. The van der Waals surface area contributed by atoms with Gasteiger partial charge < -0.3 is 10.2 Å². The lowest BCUT2D eigenvalue weighted by atomic mass is 9.78. The van der Waals surface area contributed by atoms with E-state index in [1.54, 1.807) is 6.07 Å². The van der Waals surface area contributed by atoms with Crippen LogP contribution >= 0.6 is 0 Å². The van der Waals surface area contributed by atoms with Crippen LogP contribution < -0.4 is 5.32 Å². The van der Waals surface area contributed by atoms with Gasteiger partial charge in [0.05, 0.1) is 0 Å². The second-order valence-corrected chi connectivity index (χ2v) is 5.99. The number of hydrogen-bond acceptors (Lipinski definition) is 5. The fourth-order valence-corrected chi connectivity index (χ4v) is 2.55. The Kier molecular flexibility index (Phi) is 4.01. The summed E-state index contributed by atoms with van der Waals surface area (Å²) in [5.74, 6) is 1.42. The third-order valence-electron chi connectivity index (χ3n) is 4.00. The molecule has 0 saturated carbocycles. The normalized spacial score (nSPS) is 20.2. The van der Waals surface area contributed by atoms with Crippen molar-refractivity contribution in [3.05, 3.63) is 18.1 Å². The molecule has 102 valence electrons. The number of rotatable bonds is 4. The third-order valence-corrected chi connectivity index (χ3v) is 4.00. The fraction of sp³-hybridized carbons (Fsp3) is 0.643. The van der Waals surface area contributed by atoms with Crippen LogP contribution in [-0.2, 0) is 0 Å². The van der Waals surface area contributed by atoms with Gasteiger partial charge in [-0.05, 0) is 31.3 Å². The molecule has 0 aromatic carbocycles. The van der Waals surface area contributed by atoms with Gasteiger partial charge in [0.1, 0.15) is 23.9 Å². The molecule has 0 aliphatic carbocycles. The van der Waals surface area contributed by atoms with Crippen molar-refractivity contribution in [1.29, 1.82) is 5.26 Å². The van der Waals surface area contributed by atoms with Crippen LogP contribution in [-0.4, -0.2) is 41.5 Å². The minimum absolute atomic E-state index is 0.211. The molecule has 19 heavy (non-hydrogen) atoms. The summed E-state index contributed by atoms with van der Waals surface area (Å²) < 4.78 is 0. The molecular formula is C14H21N5. The van der Waals surface area contributed by atoms with Crippen LogP contribution in [0.15, 0.2) is 12.4 Å². The van der Waals surface area contributed by atoms with Gasteiger partial charge in [-0.1, -0.05) is 13.8 Å². The zero-order chi connectivity index (χ0) is 13.9. The molecule has 1 unspecified atom stereocenters. The van der Waals surface area contributed by atoms with E-state index in [2.05, 4.69) is 41.1 Å². The molecule has 1 fully saturated rings. The van der Waals surface area contributed by atoms with E-state index in [-0.39, 0.29) is 5.41 Å². The molecule has 1 aliphatic rings. The van der Waals surface area contributed by atoms with E-state index in [1.807, 2.05) is 6.07 Å². The summed E-state index contributed by atoms with van der Waals surface area (Å²) in [6.07, 6.45) is 2.68. The second-order valence-electron chi connectivity index (χ2n) is 5.99. The average molecular weight is 259 g/mol. The summed E-state index contributed by atoms with van der Waals surface area (Å²) in [6, 6.07) is 3.72. The predicted octanol–water partition coefficient (Wildman–Crippen LogP) is 1.74. The molecule has 5 nitrogen and oxygen atoms in total. The first-order valence-electron chi connectivity index (χ1n) is 6.66. The molecule has 0 radical (unpaired) electrons. The van der Waals surface area contributed by atoms with Gasteiger partial charge in [0.2, 0.25) is 0 Å². The number of nitrogens with one attached hydrogen (secondary N) is 1. The number of aromatic nitrogens is 2. The molecule has 0 spiro atoms. The molecular weight excluding hydrogens is 238 g/mol. The first kappa shape index (κ1) is 13.8. The molecule has 1 aromatic heterocycles. The van der Waals surface area contributed by atoms with Crippen molar-refractivity contribution < 1.29 is 0 Å².